The SMILES string of the molecule is COC1CCC(N(Cc2cc(N)ccc2Cl)C(=O)C2=CC(C)=NC2)CC1. The summed E-state index contributed by atoms with van der Waals surface area (Å²) in [4.78, 5) is 19.5. The van der Waals surface area contributed by atoms with Gasteiger partial charge in [-0.2, -0.15) is 0 Å². The maximum Gasteiger partial charge on any atom is 0.252 e. The molecule has 0 saturated heterocycles. The molecule has 1 aromatic carbocycles. The lowest BCUT2D eigenvalue weighted by Gasteiger charge is -2.37. The lowest BCUT2D eigenvalue weighted by Crippen LogP contribution is -2.43. The number of anilines is 1. The molecule has 2 N–H and O–H groups in total. The predicted octanol–water partition coefficient (Wildman–Crippen LogP) is 3.61. The number of methoxy groups -OCH3 is 1. The highest BCUT2D eigenvalue weighted by molar-refractivity contribution is 6.31. The van der Waals surface area contributed by atoms with Gasteiger partial charge in [0, 0.05) is 41.7 Å². The molecule has 140 valence electrons. The molecular formula is C20H26ClN3O2. The number of nitrogens with two attached hydrogens (primary N) is 1. The van der Waals surface area contributed by atoms with Crippen molar-refractivity contribution >= 4 is 28.9 Å². The van der Waals surface area contributed by atoms with Crippen LogP contribution in [-0.2, 0) is 16.1 Å². The van der Waals surface area contributed by atoms with E-state index < -0.39 is 0 Å². The number of allylic oxidation sites excluding steroid dienone is 1. The molecule has 26 heavy (non-hydrogen) atoms. The molecule has 3 rings (SSSR count). The standard InChI is InChI=1S/C20H26ClN3O2/c1-13-9-14(11-23-13)20(25)24(17-4-6-18(26-2)7-5-17)12-15-10-16(22)3-8-19(15)21/h3,8-10,17-18H,4-7,11-12,22H2,1-2H3. The third-order valence-corrected chi connectivity index (χ3v) is 5.61. The molecule has 0 radical (unpaired) electrons. The second-order valence-corrected chi connectivity index (χ2v) is 7.48. The minimum atomic E-state index is 0.0463. The molecule has 1 aromatic rings. The Morgan fingerprint density at radius 2 is 2.08 bits per heavy atom. The Morgan fingerprint density at radius 1 is 1.35 bits per heavy atom. The molecular weight excluding hydrogens is 350 g/mol. The zero-order valence-corrected chi connectivity index (χ0v) is 16.1. The maximum absolute atomic E-state index is 13.2. The van der Waals surface area contributed by atoms with E-state index in [0.717, 1.165) is 42.5 Å². The second-order valence-electron chi connectivity index (χ2n) is 7.08. The van der Waals surface area contributed by atoms with E-state index in [1.54, 1.807) is 19.2 Å². The van der Waals surface area contributed by atoms with Crippen molar-refractivity contribution < 1.29 is 9.53 Å². The van der Waals surface area contributed by atoms with Gasteiger partial charge in [-0.15, -0.1) is 0 Å². The van der Waals surface area contributed by atoms with Crippen LogP contribution in [0.25, 0.3) is 0 Å². The lowest BCUT2D eigenvalue weighted by molar-refractivity contribution is -0.131. The fourth-order valence-corrected chi connectivity index (χ4v) is 3.90. The Kier molecular flexibility index (Phi) is 5.99. The van der Waals surface area contributed by atoms with Gasteiger partial charge in [0.05, 0.1) is 12.6 Å². The molecule has 1 aliphatic carbocycles. The van der Waals surface area contributed by atoms with Gasteiger partial charge in [0.1, 0.15) is 0 Å². The first kappa shape index (κ1) is 18.9. The minimum Gasteiger partial charge on any atom is -0.399 e. The van der Waals surface area contributed by atoms with Crippen LogP contribution in [0.1, 0.15) is 38.2 Å². The fourth-order valence-electron chi connectivity index (χ4n) is 3.73. The molecule has 0 spiro atoms. The zero-order chi connectivity index (χ0) is 18.7. The van der Waals surface area contributed by atoms with E-state index in [0.29, 0.717) is 23.8 Å². The van der Waals surface area contributed by atoms with Gasteiger partial charge in [0.15, 0.2) is 0 Å². The molecule has 0 atom stereocenters. The largest absolute Gasteiger partial charge is 0.399 e. The number of nitrogen functional groups attached to an aromatic ring is 1. The smallest absolute Gasteiger partial charge is 0.252 e. The normalized spacial score (nSPS) is 22.7. The lowest BCUT2D eigenvalue weighted by atomic mass is 9.91. The van der Waals surface area contributed by atoms with Crippen molar-refractivity contribution in [1.82, 2.24) is 4.90 Å². The van der Waals surface area contributed by atoms with Crippen molar-refractivity contribution in [3.63, 3.8) is 0 Å². The van der Waals surface area contributed by atoms with Gasteiger partial charge in [0.25, 0.3) is 5.91 Å². The van der Waals surface area contributed by atoms with E-state index in [4.69, 9.17) is 22.1 Å². The van der Waals surface area contributed by atoms with Crippen molar-refractivity contribution in [3.8, 4) is 0 Å². The van der Waals surface area contributed by atoms with E-state index in [1.165, 1.54) is 0 Å². The Bertz CT molecular complexity index is 737. The maximum atomic E-state index is 13.2. The molecule has 0 unspecified atom stereocenters. The highest BCUT2D eigenvalue weighted by Crippen LogP contribution is 2.29. The third kappa shape index (κ3) is 4.27. The summed E-state index contributed by atoms with van der Waals surface area (Å²) in [7, 11) is 1.75. The van der Waals surface area contributed by atoms with Crippen LogP contribution in [0, 0.1) is 0 Å². The minimum absolute atomic E-state index is 0.0463. The first-order valence-corrected chi connectivity index (χ1v) is 9.45. The first-order chi connectivity index (χ1) is 12.5. The molecule has 1 fully saturated rings. The van der Waals surface area contributed by atoms with Crippen LogP contribution >= 0.6 is 11.6 Å². The summed E-state index contributed by atoms with van der Waals surface area (Å²) in [5.74, 6) is 0.0463. The summed E-state index contributed by atoms with van der Waals surface area (Å²) in [5.41, 5.74) is 9.11. The zero-order valence-electron chi connectivity index (χ0n) is 15.4. The number of amides is 1. The van der Waals surface area contributed by atoms with Crippen molar-refractivity contribution in [1.29, 1.82) is 0 Å². The van der Waals surface area contributed by atoms with Gasteiger partial charge < -0.3 is 15.4 Å². The van der Waals surface area contributed by atoms with Crippen LogP contribution in [0.4, 0.5) is 5.69 Å². The molecule has 0 bridgehead atoms. The average molecular weight is 376 g/mol. The Labute approximate surface area is 159 Å². The van der Waals surface area contributed by atoms with Crippen molar-refractivity contribution in [2.75, 3.05) is 19.4 Å². The number of carbonyl (C=O) groups is 1. The van der Waals surface area contributed by atoms with Crippen LogP contribution in [0.2, 0.25) is 5.02 Å². The summed E-state index contributed by atoms with van der Waals surface area (Å²) in [6.07, 6.45) is 5.95. The van der Waals surface area contributed by atoms with Crippen LogP contribution in [0.15, 0.2) is 34.8 Å². The number of benzene rings is 1. The van der Waals surface area contributed by atoms with Crippen LogP contribution in [0.5, 0.6) is 0 Å². The number of halogens is 1. The number of aliphatic imine (C=N–C) groups is 1. The highest BCUT2D eigenvalue weighted by atomic mass is 35.5. The van der Waals surface area contributed by atoms with Gasteiger partial charge in [-0.3, -0.25) is 9.79 Å². The van der Waals surface area contributed by atoms with E-state index >= 15 is 0 Å². The number of carbonyl (C=O) groups excluding carboxylic acids is 1. The Morgan fingerprint density at radius 3 is 2.69 bits per heavy atom. The van der Waals surface area contributed by atoms with E-state index in [9.17, 15) is 4.79 Å². The van der Waals surface area contributed by atoms with Crippen molar-refractivity contribution in [2.45, 2.75) is 51.3 Å². The van der Waals surface area contributed by atoms with Gasteiger partial charge >= 0.3 is 0 Å². The third-order valence-electron chi connectivity index (χ3n) is 5.25. The molecule has 1 amide bonds. The van der Waals surface area contributed by atoms with Gasteiger partial charge in [0.2, 0.25) is 0 Å². The molecule has 0 aromatic heterocycles. The monoisotopic (exact) mass is 375 g/mol. The predicted molar refractivity (Wildman–Crippen MR) is 106 cm³/mol. The molecule has 5 nitrogen and oxygen atoms in total. The van der Waals surface area contributed by atoms with Crippen LogP contribution in [0.3, 0.4) is 0 Å². The first-order valence-electron chi connectivity index (χ1n) is 9.07. The summed E-state index contributed by atoms with van der Waals surface area (Å²) < 4.78 is 5.48. The summed E-state index contributed by atoms with van der Waals surface area (Å²) >= 11 is 6.36. The Balaban J connectivity index is 1.83. The van der Waals surface area contributed by atoms with E-state index in [1.807, 2.05) is 24.0 Å². The number of nitrogens with zero attached hydrogens (tertiary/aromatic N) is 2. The summed E-state index contributed by atoms with van der Waals surface area (Å²) in [5, 5.41) is 0.635. The Hall–Kier alpha value is -1.85. The van der Waals surface area contributed by atoms with Gasteiger partial charge in [-0.1, -0.05) is 11.6 Å². The fraction of sp³-hybridized carbons (Fsp3) is 0.500. The number of ether oxygens (including phenoxy) is 1. The van der Waals surface area contributed by atoms with E-state index in [-0.39, 0.29) is 18.1 Å². The molecule has 2 aliphatic rings. The average Bonchev–Trinajstić information content (AvgIpc) is 3.08. The number of hydrogen-bond donors (Lipinski definition) is 1. The highest BCUT2D eigenvalue weighted by Gasteiger charge is 2.31. The molecule has 1 heterocycles. The van der Waals surface area contributed by atoms with Crippen LogP contribution < -0.4 is 5.73 Å². The van der Waals surface area contributed by atoms with Crippen molar-refractivity contribution in [3.05, 3.63) is 40.4 Å². The number of hydrogen-bond acceptors (Lipinski definition) is 4. The summed E-state index contributed by atoms with van der Waals surface area (Å²) in [6.45, 7) is 2.84. The van der Waals surface area contributed by atoms with Crippen molar-refractivity contribution in [2.24, 2.45) is 4.99 Å². The quantitative estimate of drug-likeness (QED) is 0.799. The number of rotatable bonds is 5. The van der Waals surface area contributed by atoms with Gasteiger partial charge in [-0.25, -0.2) is 0 Å². The van der Waals surface area contributed by atoms with Gasteiger partial charge in [-0.05, 0) is 62.4 Å². The molecule has 6 heteroatoms. The van der Waals surface area contributed by atoms with Crippen LogP contribution in [-0.4, -0.2) is 42.3 Å². The summed E-state index contributed by atoms with van der Waals surface area (Å²) in [6, 6.07) is 5.60. The molecule has 1 aliphatic heterocycles. The molecule has 1 saturated carbocycles. The second kappa shape index (κ2) is 8.23. The topological polar surface area (TPSA) is 67.9 Å². The van der Waals surface area contributed by atoms with E-state index in [2.05, 4.69) is 4.99 Å².